The molecule has 1 saturated heterocycles. The molecule has 0 N–H and O–H groups in total. The quantitative estimate of drug-likeness (QED) is 0.698. The summed E-state index contributed by atoms with van der Waals surface area (Å²) in [4.78, 5) is 7.14. The lowest BCUT2D eigenvalue weighted by molar-refractivity contribution is 0.254. The van der Waals surface area contributed by atoms with Crippen LogP contribution in [0.4, 0.5) is 0 Å². The van der Waals surface area contributed by atoms with Gasteiger partial charge in [0.2, 0.25) is 0 Å². The van der Waals surface area contributed by atoms with E-state index in [0.29, 0.717) is 11.6 Å². The number of halogens is 1. The first kappa shape index (κ1) is 17.3. The van der Waals surface area contributed by atoms with Crippen LogP contribution in [0.15, 0.2) is 18.2 Å². The van der Waals surface area contributed by atoms with Crippen LogP contribution < -0.4 is 9.47 Å². The third-order valence-electron chi connectivity index (χ3n) is 4.54. The molecule has 4 nitrogen and oxygen atoms in total. The van der Waals surface area contributed by atoms with Gasteiger partial charge < -0.3 is 14.4 Å². The van der Waals surface area contributed by atoms with Gasteiger partial charge in [0.25, 0.3) is 0 Å². The van der Waals surface area contributed by atoms with Crippen molar-refractivity contribution in [3.8, 4) is 11.5 Å². The van der Waals surface area contributed by atoms with Gasteiger partial charge in [-0.1, -0.05) is 18.5 Å². The Labute approximate surface area is 148 Å². The number of hydrogen-bond donors (Lipinski definition) is 0. The predicted octanol–water partition coefficient (Wildman–Crippen LogP) is 4.32. The first-order chi connectivity index (χ1) is 11.7. The zero-order valence-electron chi connectivity index (χ0n) is 14.5. The molecule has 0 radical (unpaired) electrons. The van der Waals surface area contributed by atoms with Crippen molar-refractivity contribution in [3.05, 3.63) is 28.9 Å². The minimum atomic E-state index is 0.687. The lowest BCUT2D eigenvalue weighted by Crippen LogP contribution is -2.21. The summed E-state index contributed by atoms with van der Waals surface area (Å²) in [5.74, 6) is 1.48. The van der Waals surface area contributed by atoms with Crippen molar-refractivity contribution < 1.29 is 9.47 Å². The standard InChI is InChI=1S/C19H25ClN2O2/c1-3-16-15(20)11-14-12-18(23-2)19(13-17(14)21-16)24-10-6-9-22-7-4-5-8-22/h11-13H,3-10H2,1-2H3. The van der Waals surface area contributed by atoms with Crippen LogP contribution in [-0.2, 0) is 6.42 Å². The first-order valence-corrected chi connectivity index (χ1v) is 9.11. The molecular formula is C19H25ClN2O2. The second kappa shape index (κ2) is 8.04. The Balaban J connectivity index is 1.71. The third kappa shape index (κ3) is 3.93. The van der Waals surface area contributed by atoms with Gasteiger partial charge in [0.1, 0.15) is 0 Å². The van der Waals surface area contributed by atoms with Crippen molar-refractivity contribution in [1.29, 1.82) is 0 Å². The monoisotopic (exact) mass is 348 g/mol. The van der Waals surface area contributed by atoms with Crippen LogP contribution in [0.2, 0.25) is 5.02 Å². The summed E-state index contributed by atoms with van der Waals surface area (Å²) in [6.45, 7) is 6.29. The SMILES string of the molecule is CCc1nc2cc(OCCCN3CCCC3)c(OC)cc2cc1Cl. The fourth-order valence-corrected chi connectivity index (χ4v) is 3.49. The summed E-state index contributed by atoms with van der Waals surface area (Å²) in [7, 11) is 1.66. The molecule has 0 saturated carbocycles. The van der Waals surface area contributed by atoms with Crippen LogP contribution in [-0.4, -0.2) is 43.2 Å². The predicted molar refractivity (Wildman–Crippen MR) is 98.5 cm³/mol. The van der Waals surface area contributed by atoms with Gasteiger partial charge in [-0.05, 0) is 50.9 Å². The number of aromatic nitrogens is 1. The lowest BCUT2D eigenvalue weighted by Gasteiger charge is -2.16. The molecule has 24 heavy (non-hydrogen) atoms. The fourth-order valence-electron chi connectivity index (χ4n) is 3.19. The Bertz CT molecular complexity index is 699. The van der Waals surface area contributed by atoms with Gasteiger partial charge >= 0.3 is 0 Å². The number of hydrogen-bond acceptors (Lipinski definition) is 4. The molecule has 0 spiro atoms. The summed E-state index contributed by atoms with van der Waals surface area (Å²) < 4.78 is 11.4. The van der Waals surface area contributed by atoms with Gasteiger partial charge in [-0.15, -0.1) is 0 Å². The summed E-state index contributed by atoms with van der Waals surface area (Å²) in [6, 6.07) is 5.85. The fraction of sp³-hybridized carbons (Fsp3) is 0.526. The maximum atomic E-state index is 6.26. The number of benzene rings is 1. The van der Waals surface area contributed by atoms with Gasteiger partial charge in [0, 0.05) is 18.0 Å². The lowest BCUT2D eigenvalue weighted by atomic mass is 10.1. The third-order valence-corrected chi connectivity index (χ3v) is 4.86. The van der Waals surface area contributed by atoms with E-state index in [9.17, 15) is 0 Å². The van der Waals surface area contributed by atoms with E-state index in [1.807, 2.05) is 18.2 Å². The van der Waals surface area contributed by atoms with Crippen LogP contribution in [0.3, 0.4) is 0 Å². The number of nitrogens with zero attached hydrogens (tertiary/aromatic N) is 2. The number of ether oxygens (including phenoxy) is 2. The highest BCUT2D eigenvalue weighted by Crippen LogP contribution is 2.33. The summed E-state index contributed by atoms with van der Waals surface area (Å²) in [6.07, 6.45) is 4.49. The van der Waals surface area contributed by atoms with Crippen molar-refractivity contribution in [2.75, 3.05) is 33.4 Å². The van der Waals surface area contributed by atoms with Crippen LogP contribution in [0.1, 0.15) is 31.9 Å². The molecule has 1 aromatic heterocycles. The van der Waals surface area contributed by atoms with E-state index in [0.717, 1.165) is 47.5 Å². The van der Waals surface area contributed by atoms with E-state index < -0.39 is 0 Å². The molecule has 0 unspecified atom stereocenters. The zero-order chi connectivity index (χ0) is 16.9. The van der Waals surface area contributed by atoms with Crippen molar-refractivity contribution in [3.63, 3.8) is 0 Å². The minimum Gasteiger partial charge on any atom is -0.493 e. The number of aryl methyl sites for hydroxylation is 1. The van der Waals surface area contributed by atoms with E-state index in [1.165, 1.54) is 25.9 Å². The Kier molecular flexibility index (Phi) is 5.80. The van der Waals surface area contributed by atoms with Crippen LogP contribution in [0, 0.1) is 0 Å². The molecule has 0 bridgehead atoms. The molecule has 0 aliphatic carbocycles. The van der Waals surface area contributed by atoms with Crippen LogP contribution >= 0.6 is 11.6 Å². The van der Waals surface area contributed by atoms with Crippen LogP contribution in [0.25, 0.3) is 10.9 Å². The van der Waals surface area contributed by atoms with Gasteiger partial charge in [0.05, 0.1) is 29.9 Å². The highest BCUT2D eigenvalue weighted by Gasteiger charge is 2.12. The Morgan fingerprint density at radius 3 is 2.67 bits per heavy atom. The maximum Gasteiger partial charge on any atom is 0.163 e. The highest BCUT2D eigenvalue weighted by molar-refractivity contribution is 6.31. The largest absolute Gasteiger partial charge is 0.493 e. The summed E-state index contributed by atoms with van der Waals surface area (Å²) in [5.41, 5.74) is 1.81. The molecule has 130 valence electrons. The molecule has 2 heterocycles. The number of likely N-dealkylation sites (tertiary alicyclic amines) is 1. The molecule has 1 aliphatic heterocycles. The van der Waals surface area contributed by atoms with Crippen molar-refractivity contribution in [1.82, 2.24) is 9.88 Å². The highest BCUT2D eigenvalue weighted by atomic mass is 35.5. The number of methoxy groups -OCH3 is 1. The molecule has 0 atom stereocenters. The molecule has 1 fully saturated rings. The number of pyridine rings is 1. The summed E-state index contributed by atoms with van der Waals surface area (Å²) >= 11 is 6.26. The second-order valence-corrected chi connectivity index (χ2v) is 6.62. The molecule has 1 aromatic carbocycles. The normalized spacial score (nSPS) is 15.1. The van der Waals surface area contributed by atoms with E-state index in [2.05, 4.69) is 16.8 Å². The van der Waals surface area contributed by atoms with Crippen molar-refractivity contribution >= 4 is 22.5 Å². The Morgan fingerprint density at radius 1 is 1.17 bits per heavy atom. The average Bonchev–Trinajstić information content (AvgIpc) is 3.11. The topological polar surface area (TPSA) is 34.6 Å². The smallest absolute Gasteiger partial charge is 0.163 e. The summed E-state index contributed by atoms with van der Waals surface area (Å²) in [5, 5.41) is 1.67. The van der Waals surface area contributed by atoms with Gasteiger partial charge in [-0.25, -0.2) is 0 Å². The molecule has 3 rings (SSSR count). The maximum absolute atomic E-state index is 6.26. The van der Waals surface area contributed by atoms with Crippen LogP contribution in [0.5, 0.6) is 11.5 Å². The Morgan fingerprint density at radius 2 is 1.96 bits per heavy atom. The molecule has 5 heteroatoms. The number of rotatable bonds is 7. The van der Waals surface area contributed by atoms with Gasteiger partial charge in [0.15, 0.2) is 11.5 Å². The van der Waals surface area contributed by atoms with E-state index >= 15 is 0 Å². The van der Waals surface area contributed by atoms with Crippen molar-refractivity contribution in [2.45, 2.75) is 32.6 Å². The Hall–Kier alpha value is -1.52. The van der Waals surface area contributed by atoms with E-state index in [-0.39, 0.29) is 0 Å². The molecule has 0 amide bonds. The average molecular weight is 349 g/mol. The van der Waals surface area contributed by atoms with E-state index in [4.69, 9.17) is 21.1 Å². The zero-order valence-corrected chi connectivity index (χ0v) is 15.2. The van der Waals surface area contributed by atoms with Crippen molar-refractivity contribution in [2.24, 2.45) is 0 Å². The molecule has 1 aliphatic rings. The first-order valence-electron chi connectivity index (χ1n) is 8.73. The van der Waals surface area contributed by atoms with E-state index in [1.54, 1.807) is 7.11 Å². The van der Waals surface area contributed by atoms with Gasteiger partial charge in [-0.3, -0.25) is 4.98 Å². The second-order valence-electron chi connectivity index (χ2n) is 6.22. The molecular weight excluding hydrogens is 324 g/mol. The molecule has 2 aromatic rings. The van der Waals surface area contributed by atoms with Gasteiger partial charge in [-0.2, -0.15) is 0 Å². The minimum absolute atomic E-state index is 0.687. The number of fused-ring (bicyclic) bond motifs is 1.